The van der Waals surface area contributed by atoms with Crippen LogP contribution in [-0.4, -0.2) is 21.4 Å². The Labute approximate surface area is 182 Å². The van der Waals surface area contributed by atoms with Gasteiger partial charge in [-0.25, -0.2) is 8.42 Å². The van der Waals surface area contributed by atoms with Gasteiger partial charge in [0.05, 0.1) is 23.3 Å². The van der Waals surface area contributed by atoms with E-state index in [0.717, 1.165) is 31.2 Å². The smallest absolute Gasteiger partial charge is 0.261 e. The van der Waals surface area contributed by atoms with Gasteiger partial charge < -0.3 is 10.1 Å². The van der Waals surface area contributed by atoms with E-state index in [0.29, 0.717) is 11.4 Å². The van der Waals surface area contributed by atoms with Gasteiger partial charge in [-0.15, -0.1) is 0 Å². The first-order chi connectivity index (χ1) is 15.0. The average molecular weight is 437 g/mol. The van der Waals surface area contributed by atoms with Gasteiger partial charge in [-0.2, -0.15) is 0 Å². The Bertz CT molecular complexity index is 1200. The lowest BCUT2D eigenvalue weighted by Gasteiger charge is -2.17. The van der Waals surface area contributed by atoms with E-state index in [9.17, 15) is 13.2 Å². The van der Waals surface area contributed by atoms with E-state index in [1.807, 2.05) is 6.07 Å². The standard InChI is InChI=1S/C24H24N2O4S/c1-30-20-13-11-19(12-14-20)25-24(27)22-8-4-5-9-23(22)26-31(28,29)21-15-10-17-6-2-3-7-18(17)16-21/h4-5,8-16,26H,2-3,6-7H2,1H3,(H,25,27). The molecule has 0 atom stereocenters. The van der Waals surface area contributed by atoms with Crippen LogP contribution in [0, 0.1) is 0 Å². The number of para-hydroxylation sites is 1. The van der Waals surface area contributed by atoms with E-state index in [-0.39, 0.29) is 16.1 Å². The fraction of sp³-hybridized carbons (Fsp3) is 0.208. The van der Waals surface area contributed by atoms with Crippen molar-refractivity contribution >= 4 is 27.3 Å². The highest BCUT2D eigenvalue weighted by molar-refractivity contribution is 7.92. The normalized spacial score (nSPS) is 13.2. The zero-order valence-corrected chi connectivity index (χ0v) is 18.0. The molecule has 0 spiro atoms. The maximum atomic E-state index is 13.0. The first-order valence-corrected chi connectivity index (χ1v) is 11.6. The summed E-state index contributed by atoms with van der Waals surface area (Å²) in [7, 11) is -2.26. The van der Waals surface area contributed by atoms with Gasteiger partial charge >= 0.3 is 0 Å². The van der Waals surface area contributed by atoms with Crippen LogP contribution in [0.1, 0.15) is 34.3 Å². The topological polar surface area (TPSA) is 84.5 Å². The number of sulfonamides is 1. The number of hydrogen-bond donors (Lipinski definition) is 2. The molecule has 31 heavy (non-hydrogen) atoms. The van der Waals surface area contributed by atoms with Gasteiger partial charge in [0.2, 0.25) is 0 Å². The monoisotopic (exact) mass is 436 g/mol. The molecule has 2 N–H and O–H groups in total. The van der Waals surface area contributed by atoms with Gasteiger partial charge in [-0.1, -0.05) is 18.2 Å². The lowest BCUT2D eigenvalue weighted by molar-refractivity contribution is 0.102. The summed E-state index contributed by atoms with van der Waals surface area (Å²) in [4.78, 5) is 13.0. The number of rotatable bonds is 6. The van der Waals surface area contributed by atoms with Gasteiger partial charge in [-0.05, 0) is 85.3 Å². The highest BCUT2D eigenvalue weighted by atomic mass is 32.2. The molecular formula is C24H24N2O4S. The minimum Gasteiger partial charge on any atom is -0.497 e. The minimum absolute atomic E-state index is 0.207. The number of fused-ring (bicyclic) bond motifs is 1. The third-order valence-electron chi connectivity index (χ3n) is 5.39. The fourth-order valence-corrected chi connectivity index (χ4v) is 4.85. The SMILES string of the molecule is COc1ccc(NC(=O)c2ccccc2NS(=O)(=O)c2ccc3c(c2)CCCC3)cc1. The Hall–Kier alpha value is -3.32. The van der Waals surface area contributed by atoms with Gasteiger partial charge in [0.25, 0.3) is 15.9 Å². The van der Waals surface area contributed by atoms with Crippen molar-refractivity contribution in [3.63, 3.8) is 0 Å². The zero-order chi connectivity index (χ0) is 21.8. The number of amides is 1. The van der Waals surface area contributed by atoms with E-state index >= 15 is 0 Å². The summed E-state index contributed by atoms with van der Waals surface area (Å²) in [6.07, 6.45) is 4.07. The summed E-state index contributed by atoms with van der Waals surface area (Å²) in [6, 6.07) is 18.7. The van der Waals surface area contributed by atoms with E-state index in [4.69, 9.17) is 4.74 Å². The van der Waals surface area contributed by atoms with Crippen molar-refractivity contribution in [3.05, 3.63) is 83.4 Å². The molecule has 1 amide bonds. The van der Waals surface area contributed by atoms with Crippen molar-refractivity contribution in [3.8, 4) is 5.75 Å². The molecule has 0 unspecified atom stereocenters. The molecule has 4 rings (SSSR count). The summed E-state index contributed by atoms with van der Waals surface area (Å²) in [5.74, 6) is 0.269. The summed E-state index contributed by atoms with van der Waals surface area (Å²) < 4.78 is 33.8. The van der Waals surface area contributed by atoms with Crippen molar-refractivity contribution in [2.45, 2.75) is 30.6 Å². The molecule has 1 aliphatic rings. The van der Waals surface area contributed by atoms with E-state index < -0.39 is 15.9 Å². The Kier molecular flexibility index (Phi) is 5.95. The molecular weight excluding hydrogens is 412 g/mol. The summed E-state index contributed by atoms with van der Waals surface area (Å²) in [6.45, 7) is 0. The molecule has 3 aromatic rings. The maximum absolute atomic E-state index is 13.0. The second-order valence-electron chi connectivity index (χ2n) is 7.47. The Balaban J connectivity index is 1.57. The summed E-state index contributed by atoms with van der Waals surface area (Å²) in [5.41, 5.74) is 3.34. The molecule has 6 nitrogen and oxygen atoms in total. The Morgan fingerprint density at radius 2 is 1.61 bits per heavy atom. The maximum Gasteiger partial charge on any atom is 0.261 e. The predicted octanol–water partition coefficient (Wildman–Crippen LogP) is 4.63. The Morgan fingerprint density at radius 3 is 2.35 bits per heavy atom. The van der Waals surface area contributed by atoms with Crippen LogP contribution in [0.2, 0.25) is 0 Å². The first kappa shape index (κ1) is 20.9. The van der Waals surface area contributed by atoms with E-state index in [1.165, 1.54) is 5.56 Å². The summed E-state index contributed by atoms with van der Waals surface area (Å²) >= 11 is 0. The number of anilines is 2. The average Bonchev–Trinajstić information content (AvgIpc) is 2.79. The lowest BCUT2D eigenvalue weighted by Crippen LogP contribution is -2.19. The second kappa shape index (κ2) is 8.81. The first-order valence-electron chi connectivity index (χ1n) is 10.2. The van der Waals surface area contributed by atoms with E-state index in [2.05, 4.69) is 10.0 Å². The number of nitrogens with one attached hydrogen (secondary N) is 2. The molecule has 0 aliphatic heterocycles. The van der Waals surface area contributed by atoms with E-state index in [1.54, 1.807) is 67.8 Å². The van der Waals surface area contributed by atoms with Crippen LogP contribution >= 0.6 is 0 Å². The van der Waals surface area contributed by atoms with Crippen molar-refractivity contribution in [1.82, 2.24) is 0 Å². The number of benzene rings is 3. The molecule has 0 saturated carbocycles. The molecule has 0 fully saturated rings. The Morgan fingerprint density at radius 1 is 0.903 bits per heavy atom. The quantitative estimate of drug-likeness (QED) is 0.590. The second-order valence-corrected chi connectivity index (χ2v) is 9.15. The molecule has 160 valence electrons. The third kappa shape index (κ3) is 4.72. The number of hydrogen-bond acceptors (Lipinski definition) is 4. The molecule has 3 aromatic carbocycles. The van der Waals surface area contributed by atoms with Crippen LogP contribution in [0.5, 0.6) is 5.75 Å². The number of carbonyl (C=O) groups is 1. The molecule has 0 radical (unpaired) electrons. The third-order valence-corrected chi connectivity index (χ3v) is 6.76. The number of carbonyl (C=O) groups excluding carboxylic acids is 1. The number of methoxy groups -OCH3 is 1. The van der Waals surface area contributed by atoms with Crippen LogP contribution < -0.4 is 14.8 Å². The van der Waals surface area contributed by atoms with Crippen molar-refractivity contribution in [2.24, 2.45) is 0 Å². The van der Waals surface area contributed by atoms with Gasteiger partial charge in [0, 0.05) is 5.69 Å². The zero-order valence-electron chi connectivity index (χ0n) is 17.2. The van der Waals surface area contributed by atoms with Gasteiger partial charge in [0.1, 0.15) is 5.75 Å². The molecule has 1 aliphatic carbocycles. The lowest BCUT2D eigenvalue weighted by atomic mass is 9.92. The largest absolute Gasteiger partial charge is 0.497 e. The highest BCUT2D eigenvalue weighted by Crippen LogP contribution is 2.26. The van der Waals surface area contributed by atoms with Crippen molar-refractivity contribution in [2.75, 3.05) is 17.1 Å². The van der Waals surface area contributed by atoms with Gasteiger partial charge in [0.15, 0.2) is 0 Å². The minimum atomic E-state index is -3.83. The van der Waals surface area contributed by atoms with Crippen LogP contribution in [0.25, 0.3) is 0 Å². The predicted molar refractivity (Wildman–Crippen MR) is 121 cm³/mol. The van der Waals surface area contributed by atoms with Crippen LogP contribution in [-0.2, 0) is 22.9 Å². The van der Waals surface area contributed by atoms with Gasteiger partial charge in [-0.3, -0.25) is 9.52 Å². The summed E-state index contributed by atoms with van der Waals surface area (Å²) in [5, 5.41) is 2.79. The van der Waals surface area contributed by atoms with Crippen LogP contribution in [0.3, 0.4) is 0 Å². The van der Waals surface area contributed by atoms with Crippen molar-refractivity contribution in [1.29, 1.82) is 0 Å². The number of aryl methyl sites for hydroxylation is 2. The molecule has 0 heterocycles. The van der Waals surface area contributed by atoms with Crippen LogP contribution in [0.15, 0.2) is 71.6 Å². The fourth-order valence-electron chi connectivity index (χ4n) is 3.72. The molecule has 0 saturated heterocycles. The van der Waals surface area contributed by atoms with Crippen molar-refractivity contribution < 1.29 is 17.9 Å². The van der Waals surface area contributed by atoms with Crippen LogP contribution in [0.4, 0.5) is 11.4 Å². The molecule has 7 heteroatoms. The highest BCUT2D eigenvalue weighted by Gasteiger charge is 2.20. The molecule has 0 aromatic heterocycles. The molecule has 0 bridgehead atoms. The number of ether oxygens (including phenoxy) is 1.